The highest BCUT2D eigenvalue weighted by Crippen LogP contribution is 2.48. The van der Waals surface area contributed by atoms with E-state index < -0.39 is 34.6 Å². The van der Waals surface area contributed by atoms with E-state index in [1.165, 1.54) is 17.8 Å². The second-order valence-corrected chi connectivity index (χ2v) is 9.93. The van der Waals surface area contributed by atoms with Gasteiger partial charge in [0.1, 0.15) is 28.4 Å². The number of nitrogens with one attached hydrogen (secondary N) is 2. The number of benzene rings is 3. The van der Waals surface area contributed by atoms with Gasteiger partial charge in [-0.15, -0.1) is 11.8 Å². The number of rotatable bonds is 5. The number of amides is 3. The number of ether oxygens (including phenoxy) is 2. The molecule has 3 aromatic rings. The molecule has 1 heterocycles. The summed E-state index contributed by atoms with van der Waals surface area (Å²) >= 11 is 20.4. The Morgan fingerprint density at radius 1 is 1.11 bits per heavy atom. The highest BCUT2D eigenvalue weighted by molar-refractivity contribution is 7.99. The van der Waals surface area contributed by atoms with Crippen LogP contribution in [0, 0.1) is 18.6 Å². The number of imide groups is 1. The van der Waals surface area contributed by atoms with Gasteiger partial charge in [-0.1, -0.05) is 40.9 Å². The Kier molecular flexibility index (Phi) is 8.27. The van der Waals surface area contributed by atoms with Gasteiger partial charge in [-0.3, -0.25) is 10.1 Å². The van der Waals surface area contributed by atoms with E-state index >= 15 is 0 Å². The molecule has 0 aliphatic carbocycles. The maximum atomic E-state index is 13.9. The number of thioether (sulfide) groups is 1. The third-order valence-electron chi connectivity index (χ3n) is 5.14. The van der Waals surface area contributed by atoms with Crippen LogP contribution >= 0.6 is 46.6 Å². The van der Waals surface area contributed by atoms with Crippen molar-refractivity contribution in [2.45, 2.75) is 12.4 Å². The lowest BCUT2D eigenvalue weighted by molar-refractivity contribution is 0.0959. The minimum absolute atomic E-state index is 0.163. The van der Waals surface area contributed by atoms with E-state index in [0.717, 1.165) is 24.0 Å². The Labute approximate surface area is 224 Å². The number of hydrogen-bond donors (Lipinski definition) is 2. The number of anilines is 1. The minimum Gasteiger partial charge on any atom is -0.454 e. The third-order valence-corrected chi connectivity index (χ3v) is 7.22. The standard InChI is InChI=1S/C24H17Cl3F2N2O4S/c1-11-17(30-24(33)31-22(32)19-15(28)3-2-4-16(19)29)10-13(23-34-7-8-36-23)21(20(11)27)35-18-6-5-12(25)9-14(18)26/h2-6,9-10,23H,7-8H2,1H3,(H2,30,31,32,33). The molecule has 2 N–H and O–H groups in total. The van der Waals surface area contributed by atoms with E-state index in [-0.39, 0.29) is 21.5 Å². The molecule has 1 atom stereocenters. The van der Waals surface area contributed by atoms with Crippen LogP contribution in [0.1, 0.15) is 26.9 Å². The summed E-state index contributed by atoms with van der Waals surface area (Å²) < 4.78 is 39.6. The number of carbonyl (C=O) groups excluding carboxylic acids is 2. The zero-order chi connectivity index (χ0) is 26.0. The number of carbonyl (C=O) groups is 2. The Morgan fingerprint density at radius 3 is 2.47 bits per heavy atom. The van der Waals surface area contributed by atoms with Crippen molar-refractivity contribution in [3.8, 4) is 11.5 Å². The van der Waals surface area contributed by atoms with Gasteiger partial charge in [0.25, 0.3) is 5.91 Å². The van der Waals surface area contributed by atoms with Gasteiger partial charge < -0.3 is 14.8 Å². The van der Waals surface area contributed by atoms with Crippen molar-refractivity contribution >= 4 is 64.2 Å². The van der Waals surface area contributed by atoms with Crippen LogP contribution in [0.15, 0.2) is 42.5 Å². The Balaban J connectivity index is 1.64. The highest BCUT2D eigenvalue weighted by atomic mass is 35.5. The molecular formula is C24H17Cl3F2N2O4S. The van der Waals surface area contributed by atoms with Gasteiger partial charge >= 0.3 is 6.03 Å². The minimum atomic E-state index is -1.24. The van der Waals surface area contributed by atoms with Gasteiger partial charge in [0.05, 0.1) is 16.7 Å². The van der Waals surface area contributed by atoms with Crippen molar-refractivity contribution in [2.24, 2.45) is 0 Å². The first kappa shape index (κ1) is 26.5. The largest absolute Gasteiger partial charge is 0.454 e. The van der Waals surface area contributed by atoms with Crippen LogP contribution in [0.2, 0.25) is 15.1 Å². The number of hydrogen-bond acceptors (Lipinski definition) is 5. The Hall–Kier alpha value is -2.56. The lowest BCUT2D eigenvalue weighted by atomic mass is 10.1. The van der Waals surface area contributed by atoms with Crippen LogP contribution in [0.4, 0.5) is 19.3 Å². The summed E-state index contributed by atoms with van der Waals surface area (Å²) in [6.45, 7) is 2.12. The summed E-state index contributed by atoms with van der Waals surface area (Å²) in [5.41, 5.74) is -0.173. The molecule has 4 rings (SSSR count). The predicted molar refractivity (Wildman–Crippen MR) is 137 cm³/mol. The van der Waals surface area contributed by atoms with Crippen LogP contribution in [-0.4, -0.2) is 24.3 Å². The lowest BCUT2D eigenvalue weighted by Crippen LogP contribution is -2.35. The quantitative estimate of drug-likeness (QED) is 0.326. The summed E-state index contributed by atoms with van der Waals surface area (Å²) in [7, 11) is 0. The van der Waals surface area contributed by atoms with Crippen molar-refractivity contribution < 1.29 is 27.8 Å². The maximum Gasteiger partial charge on any atom is 0.326 e. The first-order valence-electron chi connectivity index (χ1n) is 10.4. The van der Waals surface area contributed by atoms with E-state index in [4.69, 9.17) is 44.3 Å². The summed E-state index contributed by atoms with van der Waals surface area (Å²) in [5.74, 6) is -2.13. The molecule has 0 saturated carbocycles. The highest BCUT2D eigenvalue weighted by Gasteiger charge is 2.28. The topological polar surface area (TPSA) is 76.7 Å². The molecule has 0 radical (unpaired) electrons. The second kappa shape index (κ2) is 11.2. The van der Waals surface area contributed by atoms with Gasteiger partial charge in [0.15, 0.2) is 5.75 Å². The summed E-state index contributed by atoms with van der Waals surface area (Å²) in [5, 5.41) is 5.28. The summed E-state index contributed by atoms with van der Waals surface area (Å²) in [6, 6.07) is 8.25. The van der Waals surface area contributed by atoms with E-state index in [0.29, 0.717) is 28.5 Å². The Bertz CT molecular complexity index is 1330. The van der Waals surface area contributed by atoms with Crippen LogP contribution in [0.5, 0.6) is 11.5 Å². The molecule has 1 fully saturated rings. The maximum absolute atomic E-state index is 13.9. The zero-order valence-corrected chi connectivity index (χ0v) is 21.5. The summed E-state index contributed by atoms with van der Waals surface area (Å²) in [6.07, 6.45) is 0. The molecular weight excluding hydrogens is 557 g/mol. The fraction of sp³-hybridized carbons (Fsp3) is 0.167. The van der Waals surface area contributed by atoms with Crippen LogP contribution in [0.3, 0.4) is 0 Å². The molecule has 1 aliphatic heterocycles. The van der Waals surface area contributed by atoms with Crippen molar-refractivity contribution in [3.05, 3.63) is 85.9 Å². The molecule has 0 aromatic heterocycles. The van der Waals surface area contributed by atoms with Crippen molar-refractivity contribution in [2.75, 3.05) is 17.7 Å². The van der Waals surface area contributed by atoms with Crippen LogP contribution in [-0.2, 0) is 4.74 Å². The van der Waals surface area contributed by atoms with Gasteiger partial charge in [0, 0.05) is 22.0 Å². The average molecular weight is 574 g/mol. The fourth-order valence-corrected chi connectivity index (χ4v) is 5.04. The molecule has 1 saturated heterocycles. The van der Waals surface area contributed by atoms with E-state index in [1.807, 2.05) is 5.32 Å². The van der Waals surface area contributed by atoms with Crippen molar-refractivity contribution in [3.63, 3.8) is 0 Å². The lowest BCUT2D eigenvalue weighted by Gasteiger charge is -2.21. The SMILES string of the molecule is Cc1c(NC(=O)NC(=O)c2c(F)cccc2F)cc(C2OCCS2)c(Oc2ccc(Cl)cc2Cl)c1Cl. The monoisotopic (exact) mass is 572 g/mol. The smallest absolute Gasteiger partial charge is 0.326 e. The van der Waals surface area contributed by atoms with Crippen molar-refractivity contribution in [1.29, 1.82) is 0 Å². The molecule has 1 unspecified atom stereocenters. The van der Waals surface area contributed by atoms with Gasteiger partial charge in [0.2, 0.25) is 0 Å². The van der Waals surface area contributed by atoms with E-state index in [1.54, 1.807) is 25.1 Å². The van der Waals surface area contributed by atoms with Crippen LogP contribution < -0.4 is 15.4 Å². The van der Waals surface area contributed by atoms with E-state index in [9.17, 15) is 18.4 Å². The van der Waals surface area contributed by atoms with Crippen LogP contribution in [0.25, 0.3) is 0 Å². The Morgan fingerprint density at radius 2 is 1.83 bits per heavy atom. The average Bonchev–Trinajstić information content (AvgIpc) is 3.35. The molecule has 188 valence electrons. The molecule has 36 heavy (non-hydrogen) atoms. The summed E-state index contributed by atoms with van der Waals surface area (Å²) in [4.78, 5) is 24.8. The molecule has 0 bridgehead atoms. The van der Waals surface area contributed by atoms with Gasteiger partial charge in [-0.25, -0.2) is 13.6 Å². The fourth-order valence-electron chi connectivity index (χ4n) is 3.39. The first-order chi connectivity index (χ1) is 17.2. The predicted octanol–water partition coefficient (Wildman–Crippen LogP) is 7.75. The number of halogens is 5. The molecule has 0 spiro atoms. The van der Waals surface area contributed by atoms with Crippen molar-refractivity contribution in [1.82, 2.24) is 5.32 Å². The zero-order valence-electron chi connectivity index (χ0n) is 18.5. The molecule has 3 amide bonds. The van der Waals surface area contributed by atoms with E-state index in [2.05, 4.69) is 5.32 Å². The van der Waals surface area contributed by atoms with Gasteiger partial charge in [-0.05, 0) is 48.9 Å². The van der Waals surface area contributed by atoms with Gasteiger partial charge in [-0.2, -0.15) is 0 Å². The molecule has 1 aliphatic rings. The molecule has 6 nitrogen and oxygen atoms in total. The molecule has 12 heteroatoms. The second-order valence-electron chi connectivity index (χ2n) is 7.54. The first-order valence-corrected chi connectivity index (χ1v) is 12.6. The molecule has 3 aromatic carbocycles. The normalized spacial score (nSPS) is 15.0. The number of urea groups is 1. The third kappa shape index (κ3) is 5.71.